The summed E-state index contributed by atoms with van der Waals surface area (Å²) in [6.07, 6.45) is 6.61. The summed E-state index contributed by atoms with van der Waals surface area (Å²) < 4.78 is 94.9. The zero-order valence-corrected chi connectivity index (χ0v) is 49.8. The number of sulfonamides is 2. The standard InChI is InChI=1S/C34H39FN2O5S.C30H33FN2O6S/c1-21(2)32-29(16-15-26-18-27(17-22(3)38)42-34(4,5)41-26)31(23-11-13-25(35)14-12-23)30-20-37(43(6,39)40)19-24-9-7-8-10-28(24)33(30)36-32;1-18(2)29-25(13-12-22(34)14-23(35)15-27(36)37)28(19-8-10-21(31)11-9-19)26-17-33(40(3,38)39)16-20-6-4-5-7-24(20)30(26)32-29/h7-16,21,26-27H,17-20H2,1-6H3;4-13,18,22-23,34-35H,14-17H2,1-3H3,(H,36,37)/b16-15+;13-12+/t26-,27+;22-,23-/m11/s1. The van der Waals surface area contributed by atoms with Crippen molar-refractivity contribution in [1.29, 1.82) is 0 Å². The van der Waals surface area contributed by atoms with Gasteiger partial charge in [-0.15, -0.1) is 0 Å². The fourth-order valence-corrected chi connectivity index (χ4v) is 12.5. The van der Waals surface area contributed by atoms with Gasteiger partial charge in [-0.3, -0.25) is 19.6 Å². The van der Waals surface area contributed by atoms with E-state index in [-0.39, 0.29) is 68.2 Å². The molecule has 5 heterocycles. The molecule has 15 nitrogen and oxygen atoms in total. The number of carbonyl (C=O) groups is 2. The van der Waals surface area contributed by atoms with Gasteiger partial charge in [0.25, 0.3) is 0 Å². The molecule has 0 saturated carbocycles. The van der Waals surface area contributed by atoms with Gasteiger partial charge >= 0.3 is 5.97 Å². The number of aliphatic hydroxyl groups excluding tert-OH is 2. The third-order valence-corrected chi connectivity index (χ3v) is 17.1. The van der Waals surface area contributed by atoms with Crippen LogP contribution >= 0.6 is 0 Å². The first-order chi connectivity index (χ1) is 39.1. The number of nitrogens with zero attached hydrogens (tertiary/aromatic N) is 4. The number of carboxylic acids is 1. The molecule has 0 radical (unpaired) electrons. The molecule has 1 saturated heterocycles. The number of fused-ring (bicyclic) bond motifs is 6. The number of aliphatic carboxylic acids is 1. The van der Waals surface area contributed by atoms with Crippen LogP contribution in [0.25, 0.3) is 56.9 Å². The number of carboxylic acid groups (broad SMARTS) is 1. The maximum absolute atomic E-state index is 14.2. The molecule has 4 atom stereocenters. The molecule has 2 aromatic heterocycles. The molecule has 3 aliphatic heterocycles. The average Bonchev–Trinajstić information content (AvgIpc) is 3.71. The molecule has 0 amide bonds. The van der Waals surface area contributed by atoms with Crippen LogP contribution in [0.5, 0.6) is 0 Å². The minimum atomic E-state index is -3.62. The summed E-state index contributed by atoms with van der Waals surface area (Å²) >= 11 is 0. The molecule has 0 bridgehead atoms. The predicted octanol–water partition coefficient (Wildman–Crippen LogP) is 11.4. The van der Waals surface area contributed by atoms with Crippen molar-refractivity contribution < 1.29 is 60.0 Å². The number of Topliss-reactive ketones (excluding diaryl/α,β-unsaturated/α-hetero) is 1. The van der Waals surface area contributed by atoms with Crippen molar-refractivity contribution in [1.82, 2.24) is 18.6 Å². The van der Waals surface area contributed by atoms with Crippen molar-refractivity contribution in [3.05, 3.63) is 166 Å². The second kappa shape index (κ2) is 25.7. The fraction of sp³-hybridized carbons (Fsp3) is 0.375. The summed E-state index contributed by atoms with van der Waals surface area (Å²) in [5.74, 6) is -2.84. The molecule has 83 heavy (non-hydrogen) atoms. The first kappa shape index (κ1) is 62.4. The number of carbonyl (C=O) groups excluding carboxylic acids is 1. The maximum atomic E-state index is 14.2. The lowest BCUT2D eigenvalue weighted by molar-refractivity contribution is -0.289. The van der Waals surface area contributed by atoms with E-state index in [0.29, 0.717) is 46.5 Å². The Balaban J connectivity index is 0.000000217. The lowest BCUT2D eigenvalue weighted by Crippen LogP contribution is -2.44. The van der Waals surface area contributed by atoms with Gasteiger partial charge in [0.1, 0.15) is 17.4 Å². The molecular weight excluding hydrogens is 1100 g/mol. The van der Waals surface area contributed by atoms with Crippen LogP contribution < -0.4 is 0 Å². The van der Waals surface area contributed by atoms with Gasteiger partial charge in [-0.05, 0) is 90.3 Å². The second-order valence-electron chi connectivity index (χ2n) is 22.6. The predicted molar refractivity (Wildman–Crippen MR) is 317 cm³/mol. The van der Waals surface area contributed by atoms with E-state index in [4.69, 9.17) is 24.5 Å². The Bertz CT molecular complexity index is 3680. The lowest BCUT2D eigenvalue weighted by Gasteiger charge is -2.39. The Hall–Kier alpha value is -6.68. The van der Waals surface area contributed by atoms with Gasteiger partial charge in [-0.1, -0.05) is 125 Å². The Morgan fingerprint density at radius 1 is 0.687 bits per heavy atom. The third kappa shape index (κ3) is 15.2. The van der Waals surface area contributed by atoms with Crippen LogP contribution in [0.1, 0.15) is 131 Å². The summed E-state index contributed by atoms with van der Waals surface area (Å²) in [6, 6.07) is 27.5. The van der Waals surface area contributed by atoms with E-state index in [2.05, 4.69) is 13.8 Å². The monoisotopic (exact) mass is 1170 g/mol. The van der Waals surface area contributed by atoms with E-state index in [1.165, 1.54) is 45.2 Å². The van der Waals surface area contributed by atoms with E-state index >= 15 is 0 Å². The topological polar surface area (TPSA) is 214 Å². The van der Waals surface area contributed by atoms with Gasteiger partial charge < -0.3 is 24.8 Å². The van der Waals surface area contributed by atoms with E-state index < -0.39 is 56.2 Å². The Kier molecular flexibility index (Phi) is 19.3. The van der Waals surface area contributed by atoms with Gasteiger partial charge in [0.2, 0.25) is 20.0 Å². The number of ether oxygens (including phenoxy) is 2. The summed E-state index contributed by atoms with van der Waals surface area (Å²) in [6.45, 7) is 13.8. The molecule has 6 aromatic rings. The number of pyridine rings is 2. The van der Waals surface area contributed by atoms with Crippen molar-refractivity contribution in [2.24, 2.45) is 0 Å². The minimum absolute atomic E-state index is 0.0167. The van der Waals surface area contributed by atoms with Gasteiger partial charge in [-0.25, -0.2) is 25.6 Å². The number of rotatable bonds is 16. The van der Waals surface area contributed by atoms with Crippen molar-refractivity contribution in [3.8, 4) is 44.8 Å². The van der Waals surface area contributed by atoms with Crippen molar-refractivity contribution in [2.45, 2.75) is 142 Å². The zero-order valence-electron chi connectivity index (χ0n) is 48.1. The van der Waals surface area contributed by atoms with E-state index in [1.807, 2.05) is 88.4 Å². The number of aromatic nitrogens is 2. The first-order valence-corrected chi connectivity index (χ1v) is 31.3. The number of benzene rings is 4. The third-order valence-electron chi connectivity index (χ3n) is 14.7. The normalized spacial score (nSPS) is 18.1. The molecule has 4 aromatic carbocycles. The molecule has 9 rings (SSSR count). The Labute approximate surface area is 485 Å². The summed E-state index contributed by atoms with van der Waals surface area (Å²) in [5, 5.41) is 29.5. The molecule has 19 heteroatoms. The van der Waals surface area contributed by atoms with Crippen LogP contribution in [-0.4, -0.2) is 105 Å². The Morgan fingerprint density at radius 3 is 1.55 bits per heavy atom. The lowest BCUT2D eigenvalue weighted by atomic mass is 9.87. The van der Waals surface area contributed by atoms with Crippen molar-refractivity contribution >= 4 is 44.0 Å². The molecule has 0 spiro atoms. The molecule has 0 unspecified atom stereocenters. The molecule has 0 aliphatic carbocycles. The quantitative estimate of drug-likeness (QED) is 0.0824. The van der Waals surface area contributed by atoms with Crippen LogP contribution in [-0.2, 0) is 65.3 Å². The highest BCUT2D eigenvalue weighted by Gasteiger charge is 2.37. The number of hydrogen-bond donors (Lipinski definition) is 3. The SMILES string of the molecule is CC(=O)C[C@H]1C[C@@H](/C=C/c2c(C(C)C)nc3c(c2-c2ccc(F)cc2)CN(S(C)(=O)=O)Cc2ccccc2-3)OC(C)(C)O1.CC(C)c1nc2c(c(-c3ccc(F)cc3)c1/C=C/[C@@H](O)C[C@@H](O)CC(=O)O)CN(S(C)(=O)=O)Cc1ccccc1-2. The zero-order chi connectivity index (χ0) is 60.3. The van der Waals surface area contributed by atoms with Crippen LogP contribution in [0.2, 0.25) is 0 Å². The van der Waals surface area contributed by atoms with Gasteiger partial charge in [0.05, 0.1) is 66.1 Å². The molecule has 3 N–H and O–H groups in total. The number of aliphatic hydroxyl groups is 2. The fourth-order valence-electron chi connectivity index (χ4n) is 11.0. The number of hydrogen-bond acceptors (Lipinski definition) is 12. The number of ketones is 1. The molecule has 3 aliphatic rings. The summed E-state index contributed by atoms with van der Waals surface area (Å²) in [7, 11) is -7.19. The minimum Gasteiger partial charge on any atom is -0.481 e. The molecular formula is C64H72F2N4O11S2. The van der Waals surface area contributed by atoms with Crippen LogP contribution in [0.3, 0.4) is 0 Å². The molecule has 1 fully saturated rings. The van der Waals surface area contributed by atoms with Crippen LogP contribution in [0.4, 0.5) is 8.78 Å². The van der Waals surface area contributed by atoms with E-state index in [1.54, 1.807) is 37.3 Å². The van der Waals surface area contributed by atoms with Gasteiger partial charge in [0, 0.05) is 78.8 Å². The second-order valence-corrected chi connectivity index (χ2v) is 26.6. The average molecular weight is 1180 g/mol. The summed E-state index contributed by atoms with van der Waals surface area (Å²) in [5.41, 5.74) is 12.0. The highest BCUT2D eigenvalue weighted by molar-refractivity contribution is 7.88. The van der Waals surface area contributed by atoms with Gasteiger partial charge in [-0.2, -0.15) is 8.61 Å². The highest BCUT2D eigenvalue weighted by atomic mass is 32.2. The van der Waals surface area contributed by atoms with E-state index in [9.17, 15) is 45.4 Å². The Morgan fingerprint density at radius 2 is 1.13 bits per heavy atom. The molecule has 440 valence electrons. The van der Waals surface area contributed by atoms with Crippen LogP contribution in [0, 0.1) is 11.6 Å². The van der Waals surface area contributed by atoms with Crippen molar-refractivity contribution in [2.75, 3.05) is 12.5 Å². The van der Waals surface area contributed by atoms with Crippen molar-refractivity contribution in [3.63, 3.8) is 0 Å². The van der Waals surface area contributed by atoms with Crippen LogP contribution in [0.15, 0.2) is 109 Å². The number of halogens is 2. The van der Waals surface area contributed by atoms with Gasteiger partial charge in [0.15, 0.2) is 5.79 Å². The summed E-state index contributed by atoms with van der Waals surface area (Å²) in [4.78, 5) is 33.1. The smallest absolute Gasteiger partial charge is 0.305 e. The maximum Gasteiger partial charge on any atom is 0.305 e. The van der Waals surface area contributed by atoms with E-state index in [0.717, 1.165) is 62.2 Å². The largest absolute Gasteiger partial charge is 0.481 e. The highest BCUT2D eigenvalue weighted by Crippen LogP contribution is 2.45. The first-order valence-electron chi connectivity index (χ1n) is 27.6.